The first-order valence-corrected chi connectivity index (χ1v) is 8.74. The molecule has 1 aromatic rings. The minimum Gasteiger partial charge on any atom is -0.479 e. The van der Waals surface area contributed by atoms with Crippen LogP contribution in [-0.4, -0.2) is 45.9 Å². The zero-order valence-corrected chi connectivity index (χ0v) is 17.1. The number of aliphatic hydroxyl groups is 1. The van der Waals surface area contributed by atoms with E-state index in [0.29, 0.717) is 12.1 Å². The number of piperidine rings is 1. The molecule has 2 heterocycles. The number of carboxylic acids is 1. The number of rotatable bonds is 7. The molecule has 1 saturated heterocycles. The largest absolute Gasteiger partial charge is 0.479 e. The van der Waals surface area contributed by atoms with E-state index in [2.05, 4.69) is 9.88 Å². The summed E-state index contributed by atoms with van der Waals surface area (Å²) in [4.78, 5) is 18.2. The van der Waals surface area contributed by atoms with Crippen molar-refractivity contribution in [3.05, 3.63) is 24.0 Å². The molecule has 6 nitrogen and oxygen atoms in total. The highest BCUT2D eigenvalue weighted by Crippen LogP contribution is 2.24. The summed E-state index contributed by atoms with van der Waals surface area (Å²) in [5.41, 5.74) is 5.60. The number of carboxylic acid groups (broad SMARTS) is 1. The SMILES string of the molecule is CC(C)C[C@H](N)[C@](O)(Cc1cc(N2CCCCC2)ccn1)C(=O)O.Cl.Cl. The van der Waals surface area contributed by atoms with E-state index in [4.69, 9.17) is 5.73 Å². The summed E-state index contributed by atoms with van der Waals surface area (Å²) in [5.74, 6) is -1.08. The monoisotopic (exact) mass is 407 g/mol. The van der Waals surface area contributed by atoms with Crippen LogP contribution in [0.15, 0.2) is 18.3 Å². The van der Waals surface area contributed by atoms with Crippen molar-refractivity contribution in [3.63, 3.8) is 0 Å². The highest BCUT2D eigenvalue weighted by Gasteiger charge is 2.43. The zero-order valence-electron chi connectivity index (χ0n) is 15.4. The van der Waals surface area contributed by atoms with Gasteiger partial charge in [0.25, 0.3) is 0 Å². The number of halogens is 2. The lowest BCUT2D eigenvalue weighted by Gasteiger charge is -2.32. The molecule has 2 atom stereocenters. The van der Waals surface area contributed by atoms with Crippen LogP contribution < -0.4 is 10.6 Å². The van der Waals surface area contributed by atoms with Crippen molar-refractivity contribution in [2.75, 3.05) is 18.0 Å². The molecule has 2 rings (SSSR count). The van der Waals surface area contributed by atoms with E-state index in [1.807, 2.05) is 26.0 Å². The number of anilines is 1. The molecule has 0 unspecified atom stereocenters. The molecule has 0 aliphatic carbocycles. The van der Waals surface area contributed by atoms with Crippen molar-refractivity contribution < 1.29 is 15.0 Å². The number of aromatic nitrogens is 1. The second kappa shape index (κ2) is 10.9. The minimum atomic E-state index is -2.00. The Hall–Kier alpha value is -1.08. The lowest BCUT2D eigenvalue weighted by atomic mass is 9.84. The molecule has 0 aromatic carbocycles. The quantitative estimate of drug-likeness (QED) is 0.642. The van der Waals surface area contributed by atoms with Crippen LogP contribution in [0.25, 0.3) is 0 Å². The molecular formula is C18H31Cl2N3O3. The highest BCUT2D eigenvalue weighted by molar-refractivity contribution is 5.85. The van der Waals surface area contributed by atoms with Crippen molar-refractivity contribution >= 4 is 36.5 Å². The van der Waals surface area contributed by atoms with Crippen LogP contribution in [0.2, 0.25) is 0 Å². The number of nitrogens with zero attached hydrogens (tertiary/aromatic N) is 2. The van der Waals surface area contributed by atoms with Crippen LogP contribution in [0.5, 0.6) is 0 Å². The van der Waals surface area contributed by atoms with Crippen molar-refractivity contribution in [2.24, 2.45) is 11.7 Å². The Labute approximate surface area is 168 Å². The summed E-state index contributed by atoms with van der Waals surface area (Å²) in [5, 5.41) is 20.2. The third-order valence-electron chi connectivity index (χ3n) is 4.68. The molecule has 150 valence electrons. The van der Waals surface area contributed by atoms with Crippen molar-refractivity contribution in [2.45, 2.75) is 57.6 Å². The second-order valence-electron chi connectivity index (χ2n) is 7.20. The maximum atomic E-state index is 11.7. The molecule has 8 heteroatoms. The van der Waals surface area contributed by atoms with E-state index in [0.717, 1.165) is 31.6 Å². The van der Waals surface area contributed by atoms with Crippen LogP contribution in [0.1, 0.15) is 45.2 Å². The summed E-state index contributed by atoms with van der Waals surface area (Å²) in [7, 11) is 0. The predicted octanol–water partition coefficient (Wildman–Crippen LogP) is 2.65. The fourth-order valence-corrected chi connectivity index (χ4v) is 3.26. The lowest BCUT2D eigenvalue weighted by molar-refractivity contribution is -0.161. The van der Waals surface area contributed by atoms with Gasteiger partial charge in [0.1, 0.15) is 0 Å². The maximum absolute atomic E-state index is 11.7. The smallest absolute Gasteiger partial charge is 0.337 e. The van der Waals surface area contributed by atoms with Gasteiger partial charge in [-0.3, -0.25) is 4.98 Å². The first-order valence-electron chi connectivity index (χ1n) is 8.74. The highest BCUT2D eigenvalue weighted by atomic mass is 35.5. The average molecular weight is 408 g/mol. The van der Waals surface area contributed by atoms with Crippen molar-refractivity contribution in [3.8, 4) is 0 Å². The fourth-order valence-electron chi connectivity index (χ4n) is 3.26. The Kier molecular flexibility index (Phi) is 10.5. The summed E-state index contributed by atoms with van der Waals surface area (Å²) >= 11 is 0. The number of aliphatic carboxylic acids is 1. The van der Waals surface area contributed by atoms with Crippen LogP contribution in [0.4, 0.5) is 5.69 Å². The average Bonchev–Trinajstić information content (AvgIpc) is 2.55. The first kappa shape index (κ1) is 24.9. The standard InChI is InChI=1S/C18H29N3O3.2ClH/c1-13(2)10-16(19)18(24,17(22)23)12-14-11-15(6-7-20-14)21-8-4-3-5-9-21;;/h6-7,11,13,16,24H,3-5,8-10,12,19H2,1-2H3,(H,22,23);2*1H/t16-,18+;;/m0../s1. The molecule has 1 aromatic heterocycles. The minimum absolute atomic E-state index is 0. The van der Waals surface area contributed by atoms with Gasteiger partial charge < -0.3 is 20.8 Å². The Bertz CT molecular complexity index is 568. The molecule has 4 N–H and O–H groups in total. The zero-order chi connectivity index (χ0) is 17.7. The van der Waals surface area contributed by atoms with Crippen LogP contribution in [0.3, 0.4) is 0 Å². The molecule has 26 heavy (non-hydrogen) atoms. The van der Waals surface area contributed by atoms with E-state index < -0.39 is 17.6 Å². The van der Waals surface area contributed by atoms with Crippen molar-refractivity contribution in [1.82, 2.24) is 4.98 Å². The Morgan fingerprint density at radius 2 is 1.92 bits per heavy atom. The van der Waals surface area contributed by atoms with E-state index in [9.17, 15) is 15.0 Å². The van der Waals surface area contributed by atoms with Gasteiger partial charge in [-0.2, -0.15) is 0 Å². The summed E-state index contributed by atoms with van der Waals surface area (Å²) in [6.45, 7) is 5.91. The molecule has 1 aliphatic rings. The molecule has 1 fully saturated rings. The lowest BCUT2D eigenvalue weighted by Crippen LogP contribution is -2.56. The number of carbonyl (C=O) groups is 1. The van der Waals surface area contributed by atoms with Gasteiger partial charge in [0.05, 0.1) is 0 Å². The molecule has 0 spiro atoms. The fraction of sp³-hybridized carbons (Fsp3) is 0.667. The van der Waals surface area contributed by atoms with Crippen molar-refractivity contribution in [1.29, 1.82) is 0 Å². The van der Waals surface area contributed by atoms with Gasteiger partial charge in [0.15, 0.2) is 5.60 Å². The summed E-state index contributed by atoms with van der Waals surface area (Å²) in [6, 6.07) is 2.97. The Balaban J connectivity index is 0.00000312. The number of hydrogen-bond acceptors (Lipinski definition) is 5. The van der Waals surface area contributed by atoms with Gasteiger partial charge in [0.2, 0.25) is 0 Å². The van der Waals surface area contributed by atoms with Gasteiger partial charge in [-0.05, 0) is 43.7 Å². The molecular weight excluding hydrogens is 377 g/mol. The van der Waals surface area contributed by atoms with E-state index in [1.165, 1.54) is 6.42 Å². The summed E-state index contributed by atoms with van der Waals surface area (Å²) < 4.78 is 0. The molecule has 1 aliphatic heterocycles. The number of hydrogen-bond donors (Lipinski definition) is 3. The topological polar surface area (TPSA) is 99.7 Å². The van der Waals surface area contributed by atoms with E-state index >= 15 is 0 Å². The van der Waals surface area contributed by atoms with Gasteiger partial charge in [-0.25, -0.2) is 4.79 Å². The number of pyridine rings is 1. The van der Waals surface area contributed by atoms with Gasteiger partial charge in [0, 0.05) is 43.1 Å². The third kappa shape index (κ3) is 6.27. The van der Waals surface area contributed by atoms with E-state index in [1.54, 1.807) is 6.20 Å². The van der Waals surface area contributed by atoms with Crippen LogP contribution >= 0.6 is 24.8 Å². The number of nitrogens with two attached hydrogens (primary N) is 1. The second-order valence-corrected chi connectivity index (χ2v) is 7.20. The molecule has 0 bridgehead atoms. The normalized spacial score (nSPS) is 17.7. The van der Waals surface area contributed by atoms with Gasteiger partial charge >= 0.3 is 5.97 Å². The Morgan fingerprint density at radius 3 is 2.46 bits per heavy atom. The van der Waals surface area contributed by atoms with Crippen LogP contribution in [-0.2, 0) is 11.2 Å². The first-order chi connectivity index (χ1) is 11.3. The molecule has 0 saturated carbocycles. The summed E-state index contributed by atoms with van der Waals surface area (Å²) in [6.07, 6.45) is 5.60. The van der Waals surface area contributed by atoms with Crippen LogP contribution in [0, 0.1) is 5.92 Å². The third-order valence-corrected chi connectivity index (χ3v) is 4.68. The van der Waals surface area contributed by atoms with Gasteiger partial charge in [-0.1, -0.05) is 13.8 Å². The van der Waals surface area contributed by atoms with Gasteiger partial charge in [-0.15, -0.1) is 24.8 Å². The molecule has 0 radical (unpaired) electrons. The maximum Gasteiger partial charge on any atom is 0.337 e. The van der Waals surface area contributed by atoms with E-state index in [-0.39, 0.29) is 37.2 Å². The Morgan fingerprint density at radius 1 is 1.31 bits per heavy atom. The molecule has 0 amide bonds. The predicted molar refractivity (Wildman–Crippen MR) is 109 cm³/mol.